The van der Waals surface area contributed by atoms with Crippen LogP contribution in [0.25, 0.3) is 60.9 Å². The highest BCUT2D eigenvalue weighted by Crippen LogP contribution is 2.39. The molecule has 0 aliphatic carbocycles. The second-order valence-electron chi connectivity index (χ2n) is 14.2. The summed E-state index contributed by atoms with van der Waals surface area (Å²) < 4.78 is 2.39. The molecule has 260 valence electrons. The molecule has 2 nitrogen and oxygen atoms in total. The minimum absolute atomic E-state index is 0.580. The number of anilines is 3. The molecule has 0 N–H and O–H groups in total. The first kappa shape index (κ1) is 33.2. The van der Waals surface area contributed by atoms with Crippen LogP contribution in [0.15, 0.2) is 200 Å². The van der Waals surface area contributed by atoms with E-state index >= 15 is 0 Å². The Labute approximate surface area is 318 Å². The molecule has 0 aliphatic heterocycles. The van der Waals surface area contributed by atoms with Crippen molar-refractivity contribution in [2.75, 3.05) is 4.90 Å². The number of hydrogen-bond acceptors (Lipinski definition) is 1. The van der Waals surface area contributed by atoms with E-state index in [2.05, 4.69) is 224 Å². The van der Waals surface area contributed by atoms with E-state index in [-0.39, 0.29) is 0 Å². The predicted molar refractivity (Wildman–Crippen MR) is 230 cm³/mol. The lowest BCUT2D eigenvalue weighted by Gasteiger charge is -2.25. The fraction of sp³-hybridized carbons (Fsp3) is 0.0769. The van der Waals surface area contributed by atoms with Crippen LogP contribution in [-0.2, 0) is 0 Å². The van der Waals surface area contributed by atoms with Crippen LogP contribution in [0.4, 0.5) is 17.1 Å². The molecule has 0 saturated heterocycles. The Morgan fingerprint density at radius 2 is 0.778 bits per heavy atom. The monoisotopic (exact) mass is 694 g/mol. The van der Waals surface area contributed by atoms with Gasteiger partial charge in [0.05, 0.1) is 11.0 Å². The van der Waals surface area contributed by atoms with Gasteiger partial charge in [0.15, 0.2) is 0 Å². The number of aromatic nitrogens is 1. The molecule has 0 radical (unpaired) electrons. The van der Waals surface area contributed by atoms with Crippen molar-refractivity contribution in [1.82, 2.24) is 4.57 Å². The normalized spacial score (nSPS) is 11.9. The molecule has 1 atom stereocenters. The first-order valence-corrected chi connectivity index (χ1v) is 19.0. The van der Waals surface area contributed by atoms with Gasteiger partial charge in [-0.05, 0) is 124 Å². The van der Waals surface area contributed by atoms with E-state index in [1.165, 1.54) is 60.8 Å². The fourth-order valence-corrected chi connectivity index (χ4v) is 7.74. The van der Waals surface area contributed by atoms with Gasteiger partial charge in [0, 0.05) is 33.5 Å². The summed E-state index contributed by atoms with van der Waals surface area (Å²) in [6, 6.07) is 72.7. The Balaban J connectivity index is 1.10. The van der Waals surface area contributed by atoms with Crippen molar-refractivity contribution >= 4 is 38.9 Å². The first-order valence-electron chi connectivity index (χ1n) is 19.0. The largest absolute Gasteiger partial charge is 0.311 e. The van der Waals surface area contributed by atoms with Crippen molar-refractivity contribution < 1.29 is 0 Å². The van der Waals surface area contributed by atoms with Crippen LogP contribution in [0.2, 0.25) is 0 Å². The standard InChI is InChI=1S/C52H42N2/c1-3-37(2)38-19-21-39(22-20-38)40-23-25-41(26-24-40)43-29-33-51-49(35-43)50-36-44(30-34-52(50)54(51)47-17-11-6-12-18-47)42-27-31-48(32-28-42)53(45-13-7-4-8-14-45)46-15-9-5-10-16-46/h4-37H,3H2,1-2H3. The second kappa shape index (κ2) is 14.4. The summed E-state index contributed by atoms with van der Waals surface area (Å²) in [6.45, 7) is 4.54. The Hall–Kier alpha value is -6.64. The van der Waals surface area contributed by atoms with Gasteiger partial charge in [-0.2, -0.15) is 0 Å². The smallest absolute Gasteiger partial charge is 0.0541 e. The molecule has 9 aromatic rings. The van der Waals surface area contributed by atoms with Gasteiger partial charge in [0.2, 0.25) is 0 Å². The summed E-state index contributed by atoms with van der Waals surface area (Å²) in [4.78, 5) is 2.30. The lowest BCUT2D eigenvalue weighted by atomic mass is 9.95. The Morgan fingerprint density at radius 1 is 0.407 bits per heavy atom. The van der Waals surface area contributed by atoms with E-state index in [0.29, 0.717) is 5.92 Å². The highest BCUT2D eigenvalue weighted by atomic mass is 15.1. The molecule has 54 heavy (non-hydrogen) atoms. The third-order valence-electron chi connectivity index (χ3n) is 10.9. The van der Waals surface area contributed by atoms with E-state index in [4.69, 9.17) is 0 Å². The lowest BCUT2D eigenvalue weighted by Crippen LogP contribution is -2.09. The molecule has 1 heterocycles. The van der Waals surface area contributed by atoms with Gasteiger partial charge in [0.25, 0.3) is 0 Å². The van der Waals surface area contributed by atoms with Gasteiger partial charge in [-0.1, -0.05) is 141 Å². The maximum Gasteiger partial charge on any atom is 0.0541 e. The zero-order valence-electron chi connectivity index (χ0n) is 30.7. The minimum Gasteiger partial charge on any atom is -0.311 e. The molecule has 0 aliphatic rings. The Kier molecular flexibility index (Phi) is 8.86. The third-order valence-corrected chi connectivity index (χ3v) is 10.9. The van der Waals surface area contributed by atoms with Crippen LogP contribution in [0.3, 0.4) is 0 Å². The maximum absolute atomic E-state index is 2.39. The number of hydrogen-bond donors (Lipinski definition) is 0. The number of fused-ring (bicyclic) bond motifs is 3. The van der Waals surface area contributed by atoms with E-state index in [1.807, 2.05) is 0 Å². The molecular formula is C52H42N2. The molecule has 8 aromatic carbocycles. The molecule has 1 aromatic heterocycles. The predicted octanol–water partition coefficient (Wildman–Crippen LogP) is 14.8. The average Bonchev–Trinajstić information content (AvgIpc) is 3.58. The molecule has 0 spiro atoms. The Bertz CT molecular complexity index is 2620. The molecular weight excluding hydrogens is 653 g/mol. The van der Waals surface area contributed by atoms with E-state index in [0.717, 1.165) is 29.2 Å². The van der Waals surface area contributed by atoms with Gasteiger partial charge in [-0.15, -0.1) is 0 Å². The number of nitrogens with zero attached hydrogens (tertiary/aromatic N) is 2. The summed E-state index contributed by atoms with van der Waals surface area (Å²) in [5, 5.41) is 2.49. The topological polar surface area (TPSA) is 8.17 Å². The van der Waals surface area contributed by atoms with Crippen molar-refractivity contribution in [1.29, 1.82) is 0 Å². The molecule has 9 rings (SSSR count). The summed E-state index contributed by atoms with van der Waals surface area (Å²) >= 11 is 0. The van der Waals surface area contributed by atoms with Crippen LogP contribution < -0.4 is 4.90 Å². The highest BCUT2D eigenvalue weighted by molar-refractivity contribution is 6.11. The van der Waals surface area contributed by atoms with E-state index in [9.17, 15) is 0 Å². The van der Waals surface area contributed by atoms with Crippen molar-refractivity contribution in [2.45, 2.75) is 26.2 Å². The van der Waals surface area contributed by atoms with Crippen molar-refractivity contribution in [3.63, 3.8) is 0 Å². The number of rotatable bonds is 9. The van der Waals surface area contributed by atoms with Crippen molar-refractivity contribution in [3.8, 4) is 39.1 Å². The first-order chi connectivity index (χ1) is 26.6. The molecule has 2 heteroatoms. The highest BCUT2D eigenvalue weighted by Gasteiger charge is 2.16. The SMILES string of the molecule is CCC(C)c1ccc(-c2ccc(-c3ccc4c(c3)c3cc(-c5ccc(N(c6ccccc6)c6ccccc6)cc5)ccc3n4-c3ccccc3)cc2)cc1. The quantitative estimate of drug-likeness (QED) is 0.146. The molecule has 0 saturated carbocycles. The van der Waals surface area contributed by atoms with Crippen molar-refractivity contribution in [2.24, 2.45) is 0 Å². The van der Waals surface area contributed by atoms with Crippen LogP contribution in [0, 0.1) is 0 Å². The zero-order chi connectivity index (χ0) is 36.4. The van der Waals surface area contributed by atoms with Gasteiger partial charge in [-0.3, -0.25) is 0 Å². The maximum atomic E-state index is 2.39. The lowest BCUT2D eigenvalue weighted by molar-refractivity contribution is 0.734. The number of para-hydroxylation sites is 3. The molecule has 0 amide bonds. The van der Waals surface area contributed by atoms with E-state index < -0.39 is 0 Å². The van der Waals surface area contributed by atoms with Gasteiger partial charge < -0.3 is 9.47 Å². The molecule has 0 fully saturated rings. The van der Waals surface area contributed by atoms with Crippen LogP contribution in [-0.4, -0.2) is 4.57 Å². The van der Waals surface area contributed by atoms with Gasteiger partial charge >= 0.3 is 0 Å². The van der Waals surface area contributed by atoms with Crippen molar-refractivity contribution in [3.05, 3.63) is 206 Å². The van der Waals surface area contributed by atoms with Gasteiger partial charge in [0.1, 0.15) is 0 Å². The summed E-state index contributed by atoms with van der Waals surface area (Å²) in [7, 11) is 0. The summed E-state index contributed by atoms with van der Waals surface area (Å²) in [5.74, 6) is 0.580. The summed E-state index contributed by atoms with van der Waals surface area (Å²) in [6.07, 6.45) is 1.15. The van der Waals surface area contributed by atoms with Gasteiger partial charge in [-0.25, -0.2) is 0 Å². The van der Waals surface area contributed by atoms with Crippen LogP contribution >= 0.6 is 0 Å². The van der Waals surface area contributed by atoms with Crippen LogP contribution in [0.1, 0.15) is 31.7 Å². The Morgan fingerprint density at radius 3 is 1.24 bits per heavy atom. The molecule has 0 bridgehead atoms. The number of benzene rings is 8. The zero-order valence-corrected chi connectivity index (χ0v) is 30.7. The fourth-order valence-electron chi connectivity index (χ4n) is 7.74. The minimum atomic E-state index is 0.580. The summed E-state index contributed by atoms with van der Waals surface area (Å²) in [5.41, 5.74) is 15.6. The molecule has 1 unspecified atom stereocenters. The second-order valence-corrected chi connectivity index (χ2v) is 14.2. The van der Waals surface area contributed by atoms with Crippen LogP contribution in [0.5, 0.6) is 0 Å². The third kappa shape index (κ3) is 6.27. The average molecular weight is 695 g/mol. The van der Waals surface area contributed by atoms with E-state index in [1.54, 1.807) is 0 Å².